The van der Waals surface area contributed by atoms with E-state index in [-0.39, 0.29) is 35.7 Å². The van der Waals surface area contributed by atoms with Crippen molar-refractivity contribution in [3.05, 3.63) is 83.2 Å². The van der Waals surface area contributed by atoms with Crippen LogP contribution in [0.5, 0.6) is 5.88 Å². The maximum Gasteiger partial charge on any atom is 0.224 e. The van der Waals surface area contributed by atoms with E-state index in [2.05, 4.69) is 4.98 Å². The lowest BCUT2D eigenvalue weighted by molar-refractivity contribution is -0.132. The van der Waals surface area contributed by atoms with Crippen molar-refractivity contribution in [3.63, 3.8) is 0 Å². The number of piperidine rings is 1. The van der Waals surface area contributed by atoms with Gasteiger partial charge in [0.25, 0.3) is 0 Å². The Morgan fingerprint density at radius 2 is 1.86 bits per heavy atom. The van der Waals surface area contributed by atoms with Crippen LogP contribution < -0.4 is 5.73 Å². The first-order chi connectivity index (χ1) is 20.3. The number of pyridine rings is 1. The molecule has 1 saturated heterocycles. The number of benzene rings is 2. The van der Waals surface area contributed by atoms with Gasteiger partial charge in [-0.05, 0) is 67.5 Å². The van der Waals surface area contributed by atoms with Crippen molar-refractivity contribution in [2.24, 2.45) is 5.73 Å². The van der Waals surface area contributed by atoms with Crippen molar-refractivity contribution in [1.29, 1.82) is 0 Å². The molecule has 0 saturated carbocycles. The smallest absolute Gasteiger partial charge is 0.224 e. The third kappa shape index (κ3) is 6.32. The summed E-state index contributed by atoms with van der Waals surface area (Å²) < 4.78 is 37.1. The number of carbonyl (C=O) groups is 1. The zero-order valence-corrected chi connectivity index (χ0v) is 24.2. The fourth-order valence-electron chi connectivity index (χ4n) is 6.28. The number of halogens is 2. The minimum Gasteiger partial charge on any atom is -0.493 e. The van der Waals surface area contributed by atoms with Crippen molar-refractivity contribution in [1.82, 2.24) is 14.5 Å². The van der Waals surface area contributed by atoms with Gasteiger partial charge in [0.05, 0.1) is 5.52 Å². The summed E-state index contributed by atoms with van der Waals surface area (Å²) in [5.74, 6) is -0.933. The lowest BCUT2D eigenvalue weighted by Gasteiger charge is -2.34. The highest BCUT2D eigenvalue weighted by Crippen LogP contribution is 2.38. The molecule has 0 spiro atoms. The lowest BCUT2D eigenvalue weighted by atomic mass is 9.91. The highest BCUT2D eigenvalue weighted by Gasteiger charge is 2.31. The molecule has 42 heavy (non-hydrogen) atoms. The van der Waals surface area contributed by atoms with Gasteiger partial charge in [-0.15, -0.1) is 0 Å². The van der Waals surface area contributed by atoms with Gasteiger partial charge in [-0.25, -0.2) is 13.8 Å². The second kappa shape index (κ2) is 13.0. The molecule has 1 unspecified atom stereocenters. The number of rotatable bonds is 10. The van der Waals surface area contributed by atoms with E-state index in [1.807, 2.05) is 40.7 Å². The van der Waals surface area contributed by atoms with E-state index < -0.39 is 11.6 Å². The summed E-state index contributed by atoms with van der Waals surface area (Å²) >= 11 is 0. The highest BCUT2D eigenvalue weighted by molar-refractivity contribution is 5.87. The number of aromatic nitrogens is 2. The molecule has 4 aromatic rings. The summed E-state index contributed by atoms with van der Waals surface area (Å²) in [6.07, 6.45) is 4.71. The molecule has 7 nitrogen and oxygen atoms in total. The number of hydrogen-bond donors (Lipinski definition) is 2. The number of carbonyl (C=O) groups excluding carboxylic acids is 1. The van der Waals surface area contributed by atoms with Crippen LogP contribution in [0.25, 0.3) is 22.0 Å². The lowest BCUT2D eigenvalue weighted by Crippen LogP contribution is -2.42. The Bertz CT molecular complexity index is 1540. The molecule has 1 aliphatic heterocycles. The molecule has 0 bridgehead atoms. The van der Waals surface area contributed by atoms with E-state index in [0.717, 1.165) is 40.8 Å². The molecule has 1 aliphatic rings. The molecule has 3 heterocycles. The minimum absolute atomic E-state index is 0.00366. The molecule has 2 aromatic carbocycles. The summed E-state index contributed by atoms with van der Waals surface area (Å²) in [6.45, 7) is 4.01. The number of aromatic hydroxyl groups is 1. The van der Waals surface area contributed by atoms with Crippen molar-refractivity contribution in [2.45, 2.75) is 57.5 Å². The van der Waals surface area contributed by atoms with Gasteiger partial charge in [0.15, 0.2) is 0 Å². The molecule has 1 fully saturated rings. The van der Waals surface area contributed by atoms with Gasteiger partial charge >= 0.3 is 0 Å². The number of amides is 1. The number of likely N-dealkylation sites (tertiary alicyclic amines) is 1. The zero-order chi connectivity index (χ0) is 29.8. The number of nitrogens with zero attached hydrogens (tertiary/aromatic N) is 3. The number of methoxy groups -OCH3 is 1. The third-order valence-electron chi connectivity index (χ3n) is 8.26. The standard InChI is InChI=1S/C33H38F2N4O3/c1-21-31-27(34)11-12-28(35)33(31)39(15-4-16-42-2)32(21)25-5-3-14-38(20-25)30(41)18-26(36)17-22-6-8-23(9-7-22)24-10-13-29(40)37-19-24/h6-13,19,25-26H,3-5,14-18,20,36H2,1-2H3,(H,37,40)/t25?,26-/m1/s1. The quantitative estimate of drug-likeness (QED) is 0.236. The first-order valence-corrected chi connectivity index (χ1v) is 14.5. The number of aryl methyl sites for hydroxylation is 2. The Kier molecular flexibility index (Phi) is 9.18. The van der Waals surface area contributed by atoms with E-state index in [1.54, 1.807) is 25.4 Å². The summed E-state index contributed by atoms with van der Waals surface area (Å²) in [6, 6.07) is 13.3. The number of nitrogens with two attached hydrogens (primary N) is 1. The molecule has 9 heteroatoms. The van der Waals surface area contributed by atoms with Crippen LogP contribution in [0.4, 0.5) is 8.78 Å². The van der Waals surface area contributed by atoms with Gasteiger partial charge in [-0.3, -0.25) is 4.79 Å². The van der Waals surface area contributed by atoms with Gasteiger partial charge in [0.1, 0.15) is 11.6 Å². The number of fused-ring (bicyclic) bond motifs is 1. The molecule has 2 atom stereocenters. The van der Waals surface area contributed by atoms with Gasteiger partial charge in [-0.2, -0.15) is 0 Å². The van der Waals surface area contributed by atoms with Crippen LogP contribution >= 0.6 is 0 Å². The Hall–Kier alpha value is -3.82. The van der Waals surface area contributed by atoms with Crippen LogP contribution in [-0.2, 0) is 22.5 Å². The average Bonchev–Trinajstić information content (AvgIpc) is 3.29. The SMILES string of the molecule is COCCCn1c(C2CCCN(C(=O)C[C@H](N)Cc3ccc(-c4ccc(O)nc4)cc3)C2)c(C)c2c(F)ccc(F)c21. The van der Waals surface area contributed by atoms with Gasteiger partial charge in [0.2, 0.25) is 11.8 Å². The van der Waals surface area contributed by atoms with E-state index in [0.29, 0.717) is 44.5 Å². The average molecular weight is 577 g/mol. The maximum absolute atomic E-state index is 15.0. The van der Waals surface area contributed by atoms with E-state index in [9.17, 15) is 14.3 Å². The summed E-state index contributed by atoms with van der Waals surface area (Å²) in [5.41, 5.74) is 11.3. The monoisotopic (exact) mass is 576 g/mol. The van der Waals surface area contributed by atoms with Gasteiger partial charge in [0, 0.05) is 80.6 Å². The molecule has 0 radical (unpaired) electrons. The molecular formula is C33H38F2N4O3. The summed E-state index contributed by atoms with van der Waals surface area (Å²) in [7, 11) is 1.63. The highest BCUT2D eigenvalue weighted by atomic mass is 19.1. The van der Waals surface area contributed by atoms with Crippen molar-refractivity contribution >= 4 is 16.8 Å². The van der Waals surface area contributed by atoms with Gasteiger partial charge in [-0.1, -0.05) is 24.3 Å². The van der Waals surface area contributed by atoms with Crippen LogP contribution in [0.1, 0.15) is 48.4 Å². The first-order valence-electron chi connectivity index (χ1n) is 14.5. The largest absolute Gasteiger partial charge is 0.493 e. The predicted octanol–water partition coefficient (Wildman–Crippen LogP) is 5.70. The maximum atomic E-state index is 15.0. The fourth-order valence-corrected chi connectivity index (χ4v) is 6.28. The minimum atomic E-state index is -0.444. The first kappa shape index (κ1) is 29.7. The summed E-state index contributed by atoms with van der Waals surface area (Å²) in [5, 5.41) is 9.73. The van der Waals surface area contributed by atoms with Crippen LogP contribution in [0.2, 0.25) is 0 Å². The Morgan fingerprint density at radius 1 is 1.12 bits per heavy atom. The molecule has 1 amide bonds. The van der Waals surface area contributed by atoms with Gasteiger partial charge < -0.3 is 25.0 Å². The van der Waals surface area contributed by atoms with Crippen molar-refractivity contribution in [3.8, 4) is 17.0 Å². The predicted molar refractivity (Wildman–Crippen MR) is 159 cm³/mol. The molecule has 2 aromatic heterocycles. The zero-order valence-electron chi connectivity index (χ0n) is 24.2. The van der Waals surface area contributed by atoms with Crippen LogP contribution in [0.3, 0.4) is 0 Å². The van der Waals surface area contributed by atoms with Crippen LogP contribution in [-0.4, -0.2) is 58.3 Å². The Morgan fingerprint density at radius 3 is 2.57 bits per heavy atom. The fraction of sp³-hybridized carbons (Fsp3) is 0.394. The summed E-state index contributed by atoms with van der Waals surface area (Å²) in [4.78, 5) is 19.2. The second-order valence-electron chi connectivity index (χ2n) is 11.2. The Labute approximate surface area is 244 Å². The van der Waals surface area contributed by atoms with Crippen LogP contribution in [0.15, 0.2) is 54.7 Å². The molecule has 3 N–H and O–H groups in total. The Balaban J connectivity index is 1.27. The third-order valence-corrected chi connectivity index (χ3v) is 8.26. The number of hydrogen-bond acceptors (Lipinski definition) is 5. The van der Waals surface area contributed by atoms with E-state index in [1.165, 1.54) is 12.1 Å². The molecule has 222 valence electrons. The normalized spacial score (nSPS) is 16.2. The number of ether oxygens (including phenoxy) is 1. The van der Waals surface area contributed by atoms with E-state index in [4.69, 9.17) is 10.5 Å². The van der Waals surface area contributed by atoms with Crippen molar-refractivity contribution < 1.29 is 23.4 Å². The van der Waals surface area contributed by atoms with Crippen molar-refractivity contribution in [2.75, 3.05) is 26.8 Å². The topological polar surface area (TPSA) is 93.6 Å². The molecule has 0 aliphatic carbocycles. The molecular weight excluding hydrogens is 538 g/mol. The van der Waals surface area contributed by atoms with E-state index >= 15 is 4.39 Å². The molecule has 5 rings (SSSR count). The second-order valence-corrected chi connectivity index (χ2v) is 11.2. The van der Waals surface area contributed by atoms with Crippen LogP contribution in [0, 0.1) is 18.6 Å².